The number of anilines is 2. The Morgan fingerprint density at radius 3 is 2.03 bits per heavy atom. The van der Waals surface area contributed by atoms with E-state index in [1.54, 1.807) is 25.8 Å². The first-order valence-corrected chi connectivity index (χ1v) is 21.9. The van der Waals surface area contributed by atoms with Crippen LogP contribution >= 0.6 is 22.9 Å². The third-order valence-electron chi connectivity index (χ3n) is 11.1. The van der Waals surface area contributed by atoms with E-state index < -0.39 is 11.7 Å². The van der Waals surface area contributed by atoms with Gasteiger partial charge in [0.25, 0.3) is 0 Å². The van der Waals surface area contributed by atoms with E-state index in [-0.39, 0.29) is 34.2 Å². The van der Waals surface area contributed by atoms with Crippen LogP contribution in [0.2, 0.25) is 5.02 Å². The number of hydrogen-bond donors (Lipinski definition) is 0. The fourth-order valence-electron chi connectivity index (χ4n) is 7.94. The third-order valence-corrected chi connectivity index (χ3v) is 12.3. The van der Waals surface area contributed by atoms with Gasteiger partial charge >= 0.3 is 6.18 Å². The maximum atomic E-state index is 15.3. The zero-order chi connectivity index (χ0) is 45.1. The van der Waals surface area contributed by atoms with Crippen LogP contribution in [0.5, 0.6) is 17.2 Å². The molecule has 8 aromatic rings. The van der Waals surface area contributed by atoms with E-state index in [1.165, 1.54) is 30.7 Å². The van der Waals surface area contributed by atoms with Gasteiger partial charge in [-0.3, -0.25) is 0 Å². The van der Waals surface area contributed by atoms with E-state index >= 15 is 13.2 Å². The summed E-state index contributed by atoms with van der Waals surface area (Å²) in [7, 11) is 3.18. The highest BCUT2D eigenvalue weighted by atomic mass is 35.5. The Hall–Kier alpha value is -7.03. The fourth-order valence-corrected chi connectivity index (χ4v) is 8.94. The molecular weight excluding hydrogens is 871 g/mol. The number of ether oxygens (including phenoxy) is 3. The summed E-state index contributed by atoms with van der Waals surface area (Å²) < 4.78 is 62.9. The van der Waals surface area contributed by atoms with E-state index in [4.69, 9.17) is 40.8 Å². The summed E-state index contributed by atoms with van der Waals surface area (Å²) in [4.78, 5) is 28.7. The number of benzene rings is 5. The summed E-state index contributed by atoms with van der Waals surface area (Å²) in [6.07, 6.45) is -3.38. The van der Waals surface area contributed by atoms with Gasteiger partial charge in [-0.2, -0.15) is 13.2 Å². The lowest BCUT2D eigenvalue weighted by atomic mass is 9.98. The Balaban J connectivity index is 1.12. The molecule has 4 heterocycles. The van der Waals surface area contributed by atoms with E-state index in [1.807, 2.05) is 119 Å². The zero-order valence-electron chi connectivity index (χ0n) is 35.5. The van der Waals surface area contributed by atoms with Crippen LogP contribution in [0.25, 0.3) is 22.2 Å². The smallest absolute Gasteiger partial charge is 0.418 e. The molecule has 328 valence electrons. The molecule has 0 saturated heterocycles. The summed E-state index contributed by atoms with van der Waals surface area (Å²) in [5, 5.41) is 0.449. The molecule has 0 bridgehead atoms. The minimum atomic E-state index is -4.78. The molecule has 1 aliphatic rings. The van der Waals surface area contributed by atoms with Gasteiger partial charge in [0.15, 0.2) is 11.6 Å². The topological polar surface area (TPSA) is 98.1 Å². The Morgan fingerprint density at radius 2 is 1.45 bits per heavy atom. The van der Waals surface area contributed by atoms with E-state index in [0.717, 1.165) is 32.8 Å². The molecule has 5 aromatic carbocycles. The number of aliphatic imine (C=N–C) groups is 1. The van der Waals surface area contributed by atoms with Crippen LogP contribution in [-0.2, 0) is 25.8 Å². The molecule has 0 amide bonds. The first-order valence-electron chi connectivity index (χ1n) is 20.6. The lowest BCUT2D eigenvalue weighted by Gasteiger charge is -2.27. The van der Waals surface area contributed by atoms with Crippen LogP contribution in [0.3, 0.4) is 0 Å². The minimum absolute atomic E-state index is 0.0184. The number of rotatable bonds is 13. The normalized spacial score (nSPS) is 12.4. The molecule has 0 atom stereocenters. The number of nitrogens with zero attached hydrogens (tertiary/aromatic N) is 7. The van der Waals surface area contributed by atoms with Gasteiger partial charge in [0, 0.05) is 29.8 Å². The molecule has 0 N–H and O–H groups in total. The highest BCUT2D eigenvalue weighted by molar-refractivity contribution is 7.10. The van der Waals surface area contributed by atoms with Gasteiger partial charge in [-0.1, -0.05) is 96.5 Å². The predicted molar refractivity (Wildman–Crippen MR) is 250 cm³/mol. The van der Waals surface area contributed by atoms with Crippen LogP contribution < -0.4 is 24.0 Å². The van der Waals surface area contributed by atoms with Crippen LogP contribution in [-0.4, -0.2) is 53.0 Å². The largest absolute Gasteiger partial charge is 0.497 e. The Labute approximate surface area is 382 Å². The molecule has 0 fully saturated rings. The maximum Gasteiger partial charge on any atom is 0.418 e. The second kappa shape index (κ2) is 18.6. The number of hydrogen-bond acceptors (Lipinski definition) is 11. The molecule has 65 heavy (non-hydrogen) atoms. The van der Waals surface area contributed by atoms with Crippen molar-refractivity contribution in [1.29, 1.82) is 0 Å². The van der Waals surface area contributed by atoms with Gasteiger partial charge in [-0.15, -0.1) is 11.3 Å². The van der Waals surface area contributed by atoms with Crippen molar-refractivity contribution in [3.63, 3.8) is 0 Å². The fraction of sp³-hybridized carbons (Fsp3) is 0.180. The second-order valence-electron chi connectivity index (χ2n) is 15.3. The summed E-state index contributed by atoms with van der Waals surface area (Å²) >= 11 is 8.71. The number of pyridine rings is 1. The molecule has 9 rings (SSSR count). The molecule has 1 aliphatic heterocycles. The lowest BCUT2D eigenvalue weighted by molar-refractivity contribution is -0.137. The van der Waals surface area contributed by atoms with Crippen molar-refractivity contribution in [2.75, 3.05) is 37.2 Å². The molecule has 0 unspecified atom stereocenters. The molecule has 15 heteroatoms. The van der Waals surface area contributed by atoms with Crippen molar-refractivity contribution in [1.82, 2.24) is 19.9 Å². The number of alkyl halides is 3. The first kappa shape index (κ1) is 43.2. The van der Waals surface area contributed by atoms with Crippen molar-refractivity contribution in [3.05, 3.63) is 176 Å². The zero-order valence-corrected chi connectivity index (χ0v) is 37.1. The van der Waals surface area contributed by atoms with E-state index in [2.05, 4.69) is 9.97 Å². The van der Waals surface area contributed by atoms with Crippen molar-refractivity contribution in [2.24, 2.45) is 4.99 Å². The molecule has 0 spiro atoms. The standard InChI is InChI=1S/C50H41ClF3N7O3S/c1-31-24-41(61(26-32-14-18-36(62-2)19-15-32)27-33-16-20-37(63-3)21-17-33)58-46(43(31)50(52,53)54)38-25-39-42-47(44(38)51)64-23-22-60(49(42)56-29-55-39)28-40-48(57-30-65-40)59-45(34-10-6-4-7-11-34)35-12-8-5-9-13-35/h4-21,24-25,29-30H,22-23,26-28H2,1-3H3. The number of thiazole rings is 1. The summed E-state index contributed by atoms with van der Waals surface area (Å²) in [5.74, 6) is 2.95. The maximum absolute atomic E-state index is 15.3. The first-order chi connectivity index (χ1) is 31.6. The monoisotopic (exact) mass is 911 g/mol. The average molecular weight is 912 g/mol. The molecule has 0 aliphatic carbocycles. The molecule has 3 aromatic heterocycles. The SMILES string of the molecule is COc1ccc(CN(Cc2ccc(OC)cc2)c2cc(C)c(C(F)(F)F)c(-c3cc4ncnc5c4c(c3Cl)OCCN5Cc3scnc3N=C(c3ccccc3)c3ccccc3)n2)cc1. The highest BCUT2D eigenvalue weighted by Crippen LogP contribution is 2.49. The molecule has 10 nitrogen and oxygen atoms in total. The molecule has 0 saturated carbocycles. The molecule has 0 radical (unpaired) electrons. The van der Waals surface area contributed by atoms with Crippen LogP contribution in [0, 0.1) is 6.92 Å². The van der Waals surface area contributed by atoms with Gasteiger partial charge < -0.3 is 24.0 Å². The van der Waals surface area contributed by atoms with E-state index in [0.29, 0.717) is 66.0 Å². The van der Waals surface area contributed by atoms with Crippen LogP contribution in [0.4, 0.5) is 30.6 Å². The summed E-state index contributed by atoms with van der Waals surface area (Å²) in [6, 6.07) is 37.9. The van der Waals surface area contributed by atoms with Crippen LogP contribution in [0.1, 0.15) is 38.3 Å². The van der Waals surface area contributed by atoms with Crippen molar-refractivity contribution in [2.45, 2.75) is 32.7 Å². The van der Waals surface area contributed by atoms with Crippen LogP contribution in [0.15, 0.2) is 138 Å². The minimum Gasteiger partial charge on any atom is -0.497 e. The predicted octanol–water partition coefficient (Wildman–Crippen LogP) is 11.9. The third kappa shape index (κ3) is 9.18. The van der Waals surface area contributed by atoms with Crippen molar-refractivity contribution >= 4 is 57.0 Å². The number of aromatic nitrogens is 4. The number of aryl methyl sites for hydroxylation is 1. The van der Waals surface area contributed by atoms with Gasteiger partial charge in [-0.05, 0) is 60.0 Å². The summed E-state index contributed by atoms with van der Waals surface area (Å²) in [5.41, 5.74) is 5.36. The Morgan fingerprint density at radius 1 is 0.831 bits per heavy atom. The average Bonchev–Trinajstić information content (AvgIpc) is 3.67. The van der Waals surface area contributed by atoms with E-state index in [9.17, 15) is 0 Å². The molecular formula is C50H41ClF3N7O3S. The lowest BCUT2D eigenvalue weighted by Crippen LogP contribution is -2.27. The highest BCUT2D eigenvalue weighted by Gasteiger charge is 2.39. The second-order valence-corrected chi connectivity index (χ2v) is 16.6. The van der Waals surface area contributed by atoms with Gasteiger partial charge in [0.05, 0.1) is 70.6 Å². The Bertz CT molecular complexity index is 2900. The number of halogens is 4. The summed E-state index contributed by atoms with van der Waals surface area (Å²) in [6.45, 7) is 2.99. The van der Waals surface area contributed by atoms with Gasteiger partial charge in [-0.25, -0.2) is 24.9 Å². The van der Waals surface area contributed by atoms with Gasteiger partial charge in [0.2, 0.25) is 0 Å². The van der Waals surface area contributed by atoms with Crippen molar-refractivity contribution in [3.8, 4) is 28.5 Å². The quantitative estimate of drug-likeness (QED) is 0.105. The Kier molecular flexibility index (Phi) is 12.4. The number of methoxy groups -OCH3 is 2. The van der Waals surface area contributed by atoms with Crippen molar-refractivity contribution < 1.29 is 27.4 Å². The van der Waals surface area contributed by atoms with Gasteiger partial charge in [0.1, 0.15) is 36.1 Å².